The van der Waals surface area contributed by atoms with Gasteiger partial charge in [0.1, 0.15) is 0 Å². The molecule has 23 heavy (non-hydrogen) atoms. The monoisotopic (exact) mass is 332 g/mol. The highest BCUT2D eigenvalue weighted by Crippen LogP contribution is 2.27. The average Bonchev–Trinajstić information content (AvgIpc) is 2.53. The van der Waals surface area contributed by atoms with Crippen LogP contribution in [0.25, 0.3) is 0 Å². The maximum absolute atomic E-state index is 12.8. The molecule has 2 aromatic rings. The molecule has 0 saturated carbocycles. The summed E-state index contributed by atoms with van der Waals surface area (Å²) in [5, 5.41) is 2.91. The lowest BCUT2D eigenvalue weighted by Gasteiger charge is -2.15. The summed E-state index contributed by atoms with van der Waals surface area (Å²) in [4.78, 5) is 13.5. The predicted octanol–water partition coefficient (Wildman–Crippen LogP) is 2.33. The molecular weight excluding hydrogens is 312 g/mol. The van der Waals surface area contributed by atoms with E-state index in [1.807, 2.05) is 6.92 Å². The minimum Gasteiger partial charge on any atom is -0.375 e. The smallest absolute Gasteiger partial charge is 0.241 e. The largest absolute Gasteiger partial charge is 0.375 e. The van der Waals surface area contributed by atoms with Crippen LogP contribution in [0.15, 0.2) is 58.3 Å². The summed E-state index contributed by atoms with van der Waals surface area (Å²) in [6.45, 7) is 1.94. The van der Waals surface area contributed by atoms with Crippen LogP contribution in [0, 0.1) is 6.92 Å². The first-order valence-corrected chi connectivity index (χ1v) is 8.65. The van der Waals surface area contributed by atoms with E-state index in [9.17, 15) is 13.2 Å². The zero-order chi connectivity index (χ0) is 17.0. The SMILES string of the molecule is Cc1ccc(S(=O)(=O)c2ccccc2NCC(=O)N(C)C)cc1. The Kier molecular flexibility index (Phi) is 5.05. The fourth-order valence-electron chi connectivity index (χ4n) is 2.02. The molecule has 1 N–H and O–H groups in total. The Balaban J connectivity index is 2.36. The molecule has 2 aromatic carbocycles. The van der Waals surface area contributed by atoms with Crippen molar-refractivity contribution in [3.63, 3.8) is 0 Å². The Morgan fingerprint density at radius 3 is 2.26 bits per heavy atom. The van der Waals surface area contributed by atoms with Crippen LogP contribution in [0.1, 0.15) is 5.56 Å². The summed E-state index contributed by atoms with van der Waals surface area (Å²) in [7, 11) is -0.338. The first-order chi connectivity index (χ1) is 10.8. The Labute approximate surface area is 136 Å². The standard InChI is InChI=1S/C17H20N2O3S/c1-13-8-10-14(11-9-13)23(21,22)16-7-5-4-6-15(16)18-12-17(20)19(2)3/h4-11,18H,12H2,1-3H3. The number of aryl methyl sites for hydroxylation is 1. The van der Waals surface area contributed by atoms with Gasteiger partial charge in [0.15, 0.2) is 0 Å². The van der Waals surface area contributed by atoms with Crippen LogP contribution < -0.4 is 5.32 Å². The van der Waals surface area contributed by atoms with Crippen LogP contribution in [-0.2, 0) is 14.6 Å². The van der Waals surface area contributed by atoms with Gasteiger partial charge < -0.3 is 10.2 Å². The number of carbonyl (C=O) groups is 1. The van der Waals surface area contributed by atoms with Gasteiger partial charge >= 0.3 is 0 Å². The fourth-order valence-corrected chi connectivity index (χ4v) is 3.46. The minimum absolute atomic E-state index is 0.0351. The maximum Gasteiger partial charge on any atom is 0.241 e. The van der Waals surface area contributed by atoms with Gasteiger partial charge in [0.05, 0.1) is 22.0 Å². The van der Waals surface area contributed by atoms with Gasteiger partial charge in [-0.15, -0.1) is 0 Å². The summed E-state index contributed by atoms with van der Waals surface area (Å²) in [6, 6.07) is 13.3. The van der Waals surface area contributed by atoms with Crippen LogP contribution in [0.2, 0.25) is 0 Å². The third-order valence-electron chi connectivity index (χ3n) is 3.44. The second kappa shape index (κ2) is 6.83. The van der Waals surface area contributed by atoms with E-state index < -0.39 is 9.84 Å². The number of hydrogen-bond acceptors (Lipinski definition) is 4. The molecule has 122 valence electrons. The van der Waals surface area contributed by atoms with Crippen molar-refractivity contribution in [3.05, 3.63) is 54.1 Å². The lowest BCUT2D eigenvalue weighted by molar-refractivity contribution is -0.126. The molecule has 0 aliphatic rings. The summed E-state index contributed by atoms with van der Waals surface area (Å²) >= 11 is 0. The average molecular weight is 332 g/mol. The van der Waals surface area contributed by atoms with Gasteiger partial charge in [-0.2, -0.15) is 0 Å². The van der Waals surface area contributed by atoms with Crippen molar-refractivity contribution in [3.8, 4) is 0 Å². The number of amides is 1. The topological polar surface area (TPSA) is 66.5 Å². The van der Waals surface area contributed by atoms with Crippen LogP contribution in [0.3, 0.4) is 0 Å². The van der Waals surface area contributed by atoms with E-state index in [4.69, 9.17) is 0 Å². The molecule has 0 heterocycles. The number of benzene rings is 2. The number of nitrogens with one attached hydrogen (secondary N) is 1. The summed E-state index contributed by atoms with van der Waals surface area (Å²) in [5.74, 6) is -0.132. The van der Waals surface area contributed by atoms with E-state index >= 15 is 0 Å². The second-order valence-electron chi connectivity index (χ2n) is 5.45. The molecule has 0 atom stereocenters. The predicted molar refractivity (Wildman–Crippen MR) is 90.3 cm³/mol. The molecule has 0 aliphatic carbocycles. The van der Waals surface area contributed by atoms with Crippen molar-refractivity contribution in [2.75, 3.05) is 26.0 Å². The summed E-state index contributed by atoms with van der Waals surface area (Å²) < 4.78 is 25.6. The molecule has 2 rings (SSSR count). The molecule has 0 fully saturated rings. The quantitative estimate of drug-likeness (QED) is 0.912. The summed E-state index contributed by atoms with van der Waals surface area (Å²) in [6.07, 6.45) is 0. The molecule has 0 aromatic heterocycles. The molecule has 1 amide bonds. The van der Waals surface area contributed by atoms with Crippen LogP contribution in [0.4, 0.5) is 5.69 Å². The number of hydrogen-bond donors (Lipinski definition) is 1. The normalized spacial score (nSPS) is 11.1. The number of sulfone groups is 1. The van der Waals surface area contributed by atoms with Crippen molar-refractivity contribution in [1.29, 1.82) is 0 Å². The third-order valence-corrected chi connectivity index (χ3v) is 5.26. The van der Waals surface area contributed by atoms with E-state index in [0.717, 1.165) is 5.56 Å². The molecule has 0 spiro atoms. The molecule has 6 heteroatoms. The molecule has 0 radical (unpaired) electrons. The number of para-hydroxylation sites is 1. The lowest BCUT2D eigenvalue weighted by atomic mass is 10.2. The maximum atomic E-state index is 12.8. The number of carbonyl (C=O) groups excluding carboxylic acids is 1. The fraction of sp³-hybridized carbons (Fsp3) is 0.235. The molecule has 0 unspecified atom stereocenters. The van der Waals surface area contributed by atoms with Crippen molar-refractivity contribution < 1.29 is 13.2 Å². The van der Waals surface area contributed by atoms with E-state index in [1.54, 1.807) is 56.6 Å². The van der Waals surface area contributed by atoms with Crippen molar-refractivity contribution in [2.24, 2.45) is 0 Å². The molecular formula is C17H20N2O3S. The lowest BCUT2D eigenvalue weighted by Crippen LogP contribution is -2.29. The molecule has 0 saturated heterocycles. The highest BCUT2D eigenvalue weighted by molar-refractivity contribution is 7.91. The molecule has 0 bridgehead atoms. The van der Waals surface area contributed by atoms with Gasteiger partial charge in [-0.05, 0) is 31.2 Å². The Morgan fingerprint density at radius 1 is 1.04 bits per heavy atom. The van der Waals surface area contributed by atoms with Gasteiger partial charge in [0.2, 0.25) is 15.7 Å². The van der Waals surface area contributed by atoms with Gasteiger partial charge in [0, 0.05) is 14.1 Å². The second-order valence-corrected chi connectivity index (χ2v) is 7.37. The number of rotatable bonds is 5. The van der Waals surface area contributed by atoms with Crippen LogP contribution in [-0.4, -0.2) is 39.9 Å². The number of anilines is 1. The first-order valence-electron chi connectivity index (χ1n) is 7.17. The van der Waals surface area contributed by atoms with E-state index in [2.05, 4.69) is 5.32 Å². The van der Waals surface area contributed by atoms with Crippen molar-refractivity contribution >= 4 is 21.4 Å². The van der Waals surface area contributed by atoms with Crippen molar-refractivity contribution in [1.82, 2.24) is 4.90 Å². The van der Waals surface area contributed by atoms with E-state index in [-0.39, 0.29) is 22.2 Å². The molecule has 5 nitrogen and oxygen atoms in total. The Bertz CT molecular complexity index is 797. The number of likely N-dealkylation sites (N-methyl/N-ethyl adjacent to an activating group) is 1. The third kappa shape index (κ3) is 3.90. The highest BCUT2D eigenvalue weighted by atomic mass is 32.2. The summed E-state index contributed by atoms with van der Waals surface area (Å²) in [5.41, 5.74) is 1.41. The first kappa shape index (κ1) is 17.0. The van der Waals surface area contributed by atoms with Gasteiger partial charge in [-0.1, -0.05) is 29.8 Å². The highest BCUT2D eigenvalue weighted by Gasteiger charge is 2.21. The Morgan fingerprint density at radius 2 is 1.65 bits per heavy atom. The van der Waals surface area contributed by atoms with Gasteiger partial charge in [-0.25, -0.2) is 8.42 Å². The van der Waals surface area contributed by atoms with Crippen LogP contribution >= 0.6 is 0 Å². The van der Waals surface area contributed by atoms with E-state index in [1.165, 1.54) is 11.0 Å². The minimum atomic E-state index is -3.64. The Hall–Kier alpha value is -2.34. The molecule has 0 aliphatic heterocycles. The zero-order valence-electron chi connectivity index (χ0n) is 13.4. The van der Waals surface area contributed by atoms with Gasteiger partial charge in [0.25, 0.3) is 0 Å². The van der Waals surface area contributed by atoms with Crippen molar-refractivity contribution in [2.45, 2.75) is 16.7 Å². The number of nitrogens with zero attached hydrogens (tertiary/aromatic N) is 1. The zero-order valence-corrected chi connectivity index (χ0v) is 14.2. The van der Waals surface area contributed by atoms with Crippen LogP contribution in [0.5, 0.6) is 0 Å². The van der Waals surface area contributed by atoms with Gasteiger partial charge in [-0.3, -0.25) is 4.79 Å². The van der Waals surface area contributed by atoms with E-state index in [0.29, 0.717) is 5.69 Å².